The average Bonchev–Trinajstić information content (AvgIpc) is 2.37. The smallest absolute Gasteiger partial charge is 0.748 e. The van der Waals surface area contributed by atoms with Crippen LogP contribution in [0.2, 0.25) is 5.02 Å². The maximum atomic E-state index is 10.6. The number of hydrogen-bond acceptors (Lipinski definition) is 4. The first kappa shape index (κ1) is 18.5. The molecule has 0 radical (unpaired) electrons. The second-order valence-electron chi connectivity index (χ2n) is 4.22. The van der Waals surface area contributed by atoms with Gasteiger partial charge in [-0.2, -0.15) is 0 Å². The zero-order chi connectivity index (χ0) is 14.6. The van der Waals surface area contributed by atoms with Gasteiger partial charge < -0.3 is 9.29 Å². The van der Waals surface area contributed by atoms with Gasteiger partial charge in [-0.05, 0) is 42.3 Å². The Kier molecular flexibility index (Phi) is 7.20. The number of aryl methyl sites for hydroxylation is 1. The third kappa shape index (κ3) is 6.82. The van der Waals surface area contributed by atoms with Gasteiger partial charge in [0.05, 0.1) is 10.1 Å². The molecule has 21 heavy (non-hydrogen) atoms. The average molecular weight is 335 g/mol. The van der Waals surface area contributed by atoms with Crippen molar-refractivity contribution in [1.82, 2.24) is 0 Å². The molecule has 2 aromatic carbocycles. The van der Waals surface area contributed by atoms with E-state index in [4.69, 9.17) is 16.3 Å². The van der Waals surface area contributed by atoms with Crippen LogP contribution in [0.15, 0.2) is 48.5 Å². The Balaban J connectivity index is 0.00000220. The normalized spacial score (nSPS) is 10.8. The maximum Gasteiger partial charge on any atom is 1.00 e. The number of halogens is 1. The van der Waals surface area contributed by atoms with Gasteiger partial charge in [0.2, 0.25) is 0 Å². The predicted molar refractivity (Wildman–Crippen MR) is 76.2 cm³/mol. The number of rotatable bonds is 5. The molecule has 7 heteroatoms. The molecular weight excluding hydrogens is 323 g/mol. The summed E-state index contributed by atoms with van der Waals surface area (Å²) in [6.07, 6.45) is 0.198. The summed E-state index contributed by atoms with van der Waals surface area (Å²) in [5, 5.41) is 0.583. The molecule has 0 amide bonds. The molecule has 0 bridgehead atoms. The summed E-state index contributed by atoms with van der Waals surface area (Å²) in [5.74, 6) is 0.829. The Morgan fingerprint density at radius 3 is 2.29 bits per heavy atom. The predicted octanol–water partition coefficient (Wildman–Crippen LogP) is 0.224. The van der Waals surface area contributed by atoms with E-state index >= 15 is 0 Å². The van der Waals surface area contributed by atoms with E-state index in [1.54, 1.807) is 48.5 Å². The van der Waals surface area contributed by atoms with Gasteiger partial charge in [0.15, 0.2) is 0 Å². The fourth-order valence-electron chi connectivity index (χ4n) is 1.63. The second kappa shape index (κ2) is 8.17. The van der Waals surface area contributed by atoms with E-state index < -0.39 is 15.9 Å². The van der Waals surface area contributed by atoms with E-state index in [1.165, 1.54) is 0 Å². The number of benzene rings is 2. The Hall–Kier alpha value is -0.560. The molecule has 106 valence electrons. The molecule has 0 atom stereocenters. The van der Waals surface area contributed by atoms with E-state index in [1.807, 2.05) is 0 Å². The van der Waals surface area contributed by atoms with Crippen LogP contribution in [0.5, 0.6) is 11.5 Å². The number of hydrogen-bond donors (Lipinski definition) is 0. The number of ether oxygens (including phenoxy) is 1. The minimum Gasteiger partial charge on any atom is -0.748 e. The zero-order valence-electron chi connectivity index (χ0n) is 11.5. The first-order chi connectivity index (χ1) is 9.42. The van der Waals surface area contributed by atoms with Crippen LogP contribution in [0.4, 0.5) is 0 Å². The molecule has 0 aromatic heterocycles. The third-order valence-electron chi connectivity index (χ3n) is 2.60. The molecule has 2 aromatic rings. The minimum absolute atomic E-state index is 0. The maximum absolute atomic E-state index is 10.6. The van der Waals surface area contributed by atoms with Gasteiger partial charge in [0.25, 0.3) is 0 Å². The monoisotopic (exact) mass is 334 g/mol. The van der Waals surface area contributed by atoms with Crippen molar-refractivity contribution in [2.45, 2.75) is 6.42 Å². The molecule has 0 aliphatic heterocycles. The molecule has 0 unspecified atom stereocenters. The molecule has 0 saturated heterocycles. The first-order valence-corrected chi connectivity index (χ1v) is 7.84. The molecule has 0 N–H and O–H groups in total. The summed E-state index contributed by atoms with van der Waals surface area (Å²) < 4.78 is 37.3. The van der Waals surface area contributed by atoms with Gasteiger partial charge in [-0.15, -0.1) is 0 Å². The van der Waals surface area contributed by atoms with Crippen LogP contribution in [0, 0.1) is 0 Å². The Morgan fingerprint density at radius 2 is 1.71 bits per heavy atom. The minimum atomic E-state index is -4.18. The Labute approximate surface area is 151 Å². The largest absolute Gasteiger partial charge is 1.00 e. The van der Waals surface area contributed by atoms with Crippen LogP contribution < -0.4 is 34.3 Å². The summed E-state index contributed by atoms with van der Waals surface area (Å²) in [6.45, 7) is 0. The molecule has 0 heterocycles. The molecule has 0 fully saturated rings. The molecule has 0 spiro atoms. The van der Waals surface area contributed by atoms with Crippen LogP contribution in [0.3, 0.4) is 0 Å². The van der Waals surface area contributed by atoms with Gasteiger partial charge in [0, 0.05) is 10.8 Å². The topological polar surface area (TPSA) is 66.4 Å². The second-order valence-corrected chi connectivity index (χ2v) is 6.18. The summed E-state index contributed by atoms with van der Waals surface area (Å²) in [4.78, 5) is 0. The summed E-state index contributed by atoms with van der Waals surface area (Å²) in [6, 6.07) is 13.9. The van der Waals surface area contributed by atoms with Crippen molar-refractivity contribution in [3.8, 4) is 11.5 Å². The molecule has 0 aliphatic carbocycles. The molecule has 0 aliphatic rings. The third-order valence-corrected chi connectivity index (χ3v) is 3.54. The first-order valence-electron chi connectivity index (χ1n) is 5.88. The fourth-order valence-corrected chi connectivity index (χ4v) is 2.30. The van der Waals surface area contributed by atoms with Crippen molar-refractivity contribution < 1.29 is 47.3 Å². The molecular formula is C14H12ClNaO4S. The van der Waals surface area contributed by atoms with Gasteiger partial charge >= 0.3 is 29.6 Å². The van der Waals surface area contributed by atoms with Gasteiger partial charge in [0.1, 0.15) is 11.5 Å². The molecule has 2 rings (SSSR count). The van der Waals surface area contributed by atoms with E-state index in [-0.39, 0.29) is 36.0 Å². The van der Waals surface area contributed by atoms with Crippen molar-refractivity contribution in [3.63, 3.8) is 0 Å². The zero-order valence-corrected chi connectivity index (χ0v) is 15.0. The summed E-state index contributed by atoms with van der Waals surface area (Å²) in [5.41, 5.74) is 0.767. The van der Waals surface area contributed by atoms with E-state index in [0.29, 0.717) is 16.5 Å². The van der Waals surface area contributed by atoms with Crippen molar-refractivity contribution in [2.75, 3.05) is 5.75 Å². The van der Waals surface area contributed by atoms with Crippen molar-refractivity contribution in [3.05, 3.63) is 59.1 Å². The van der Waals surface area contributed by atoms with Crippen molar-refractivity contribution in [2.24, 2.45) is 0 Å². The Morgan fingerprint density at radius 1 is 1.05 bits per heavy atom. The Bertz CT molecular complexity index is 686. The van der Waals surface area contributed by atoms with Gasteiger partial charge in [-0.3, -0.25) is 0 Å². The van der Waals surface area contributed by atoms with Crippen LogP contribution in [-0.2, 0) is 16.5 Å². The van der Waals surface area contributed by atoms with Gasteiger partial charge in [-0.1, -0.05) is 29.8 Å². The van der Waals surface area contributed by atoms with Crippen LogP contribution in [0.25, 0.3) is 0 Å². The fraction of sp³-hybridized carbons (Fsp3) is 0.143. The van der Waals surface area contributed by atoms with Gasteiger partial charge in [-0.25, -0.2) is 8.42 Å². The molecule has 4 nitrogen and oxygen atoms in total. The van der Waals surface area contributed by atoms with Crippen LogP contribution in [0.1, 0.15) is 5.56 Å². The molecule has 0 saturated carbocycles. The van der Waals surface area contributed by atoms with Crippen molar-refractivity contribution >= 4 is 21.7 Å². The quantitative estimate of drug-likeness (QED) is 0.580. The van der Waals surface area contributed by atoms with Crippen LogP contribution in [-0.4, -0.2) is 18.7 Å². The van der Waals surface area contributed by atoms with Crippen molar-refractivity contribution in [1.29, 1.82) is 0 Å². The summed E-state index contributed by atoms with van der Waals surface area (Å²) in [7, 11) is -4.18. The van der Waals surface area contributed by atoms with E-state index in [0.717, 1.165) is 5.56 Å². The van der Waals surface area contributed by atoms with Crippen LogP contribution >= 0.6 is 11.6 Å². The SMILES string of the molecule is O=S(=O)([O-])CCc1ccc(Oc2cccc(Cl)c2)cc1.[Na+]. The van der Waals surface area contributed by atoms with E-state index in [9.17, 15) is 13.0 Å². The summed E-state index contributed by atoms with van der Waals surface area (Å²) >= 11 is 5.85. The standard InChI is InChI=1S/C14H13ClO4S.Na/c15-12-2-1-3-14(10-12)19-13-6-4-11(5-7-13)8-9-20(16,17)18;/h1-7,10H,8-9H2,(H,16,17,18);/q;+1/p-1. The van der Waals surface area contributed by atoms with E-state index in [2.05, 4.69) is 0 Å².